The molecular weight excluding hydrogens is 312 g/mol. The first kappa shape index (κ1) is 14.1. The molecule has 3 unspecified atom stereocenters. The molecule has 1 aromatic carbocycles. The Hall–Kier alpha value is -1.36. The van der Waals surface area contributed by atoms with Gasteiger partial charge in [-0.15, -0.1) is 0 Å². The summed E-state index contributed by atoms with van der Waals surface area (Å²) in [5, 5.41) is 8.94. The van der Waals surface area contributed by atoms with E-state index in [4.69, 9.17) is 9.84 Å². The fourth-order valence-electron chi connectivity index (χ4n) is 2.59. The van der Waals surface area contributed by atoms with Crippen molar-refractivity contribution in [3.05, 3.63) is 29.3 Å². The summed E-state index contributed by atoms with van der Waals surface area (Å²) in [5.41, 5.74) is 1.38. The predicted octanol–water partition coefficient (Wildman–Crippen LogP) is 3.05. The molecule has 0 saturated carbocycles. The summed E-state index contributed by atoms with van der Waals surface area (Å²) in [6, 6.07) is 5.29. The maximum atomic E-state index is 12.4. The number of rotatable bonds is 3. The number of ether oxygens (including phenoxy) is 1. The molecule has 19 heavy (non-hydrogen) atoms. The lowest BCUT2D eigenvalue weighted by Crippen LogP contribution is -2.33. The Labute approximate surface area is 119 Å². The molecule has 0 aromatic heterocycles. The van der Waals surface area contributed by atoms with Gasteiger partial charge in [0.05, 0.1) is 13.5 Å². The van der Waals surface area contributed by atoms with Gasteiger partial charge in [-0.2, -0.15) is 0 Å². The molecule has 3 atom stereocenters. The van der Waals surface area contributed by atoms with E-state index in [0.717, 1.165) is 5.56 Å². The number of ketones is 1. The first-order chi connectivity index (χ1) is 8.97. The van der Waals surface area contributed by atoms with Gasteiger partial charge in [-0.05, 0) is 12.0 Å². The summed E-state index contributed by atoms with van der Waals surface area (Å²) in [4.78, 5) is 23.3. The Morgan fingerprint density at radius 1 is 1.47 bits per heavy atom. The summed E-state index contributed by atoms with van der Waals surface area (Å²) >= 11 is 3.58. The van der Waals surface area contributed by atoms with Crippen molar-refractivity contribution < 1.29 is 19.4 Å². The van der Waals surface area contributed by atoms with Crippen molar-refractivity contribution in [3.8, 4) is 5.75 Å². The maximum Gasteiger partial charge on any atom is 0.304 e. The van der Waals surface area contributed by atoms with Crippen molar-refractivity contribution in [1.82, 2.24) is 0 Å². The van der Waals surface area contributed by atoms with Crippen LogP contribution >= 0.6 is 15.9 Å². The normalized spacial score (nSPS) is 25.8. The van der Waals surface area contributed by atoms with Crippen LogP contribution in [0, 0.1) is 11.8 Å². The van der Waals surface area contributed by atoms with Gasteiger partial charge in [-0.3, -0.25) is 9.59 Å². The van der Waals surface area contributed by atoms with Crippen LogP contribution in [0.5, 0.6) is 5.75 Å². The number of halogens is 1. The van der Waals surface area contributed by atoms with Crippen molar-refractivity contribution in [3.63, 3.8) is 0 Å². The highest BCUT2D eigenvalue weighted by atomic mass is 79.9. The SMILES string of the molecule is COc1cccc2c1C(Br)C(C)C(CC(=O)O)C2=O. The molecule has 0 aliphatic heterocycles. The number of hydrogen-bond acceptors (Lipinski definition) is 3. The quantitative estimate of drug-likeness (QED) is 0.867. The van der Waals surface area contributed by atoms with Gasteiger partial charge in [-0.25, -0.2) is 0 Å². The number of carboxylic acid groups (broad SMARTS) is 1. The Morgan fingerprint density at radius 3 is 2.74 bits per heavy atom. The van der Waals surface area contributed by atoms with Crippen molar-refractivity contribution in [2.75, 3.05) is 7.11 Å². The number of methoxy groups -OCH3 is 1. The van der Waals surface area contributed by atoms with Gasteiger partial charge in [0.1, 0.15) is 5.75 Å². The molecule has 0 heterocycles. The molecule has 4 nitrogen and oxygen atoms in total. The Bertz CT molecular complexity index is 526. The number of carboxylic acids is 1. The fraction of sp³-hybridized carbons (Fsp3) is 0.429. The van der Waals surface area contributed by atoms with E-state index >= 15 is 0 Å². The van der Waals surface area contributed by atoms with Gasteiger partial charge in [-0.1, -0.05) is 35.0 Å². The van der Waals surface area contributed by atoms with E-state index in [1.54, 1.807) is 19.2 Å². The maximum absolute atomic E-state index is 12.4. The van der Waals surface area contributed by atoms with E-state index in [-0.39, 0.29) is 22.9 Å². The highest BCUT2D eigenvalue weighted by molar-refractivity contribution is 9.09. The van der Waals surface area contributed by atoms with Crippen molar-refractivity contribution in [2.24, 2.45) is 11.8 Å². The average molecular weight is 327 g/mol. The number of Topliss-reactive ketones (excluding diaryl/α,β-unsaturated/α-hetero) is 1. The number of benzene rings is 1. The van der Waals surface area contributed by atoms with Gasteiger partial charge in [0.25, 0.3) is 0 Å². The van der Waals surface area contributed by atoms with E-state index < -0.39 is 11.9 Å². The minimum absolute atomic E-state index is 0.0827. The first-order valence-corrected chi connectivity index (χ1v) is 6.96. The lowest BCUT2D eigenvalue weighted by atomic mass is 9.74. The molecule has 2 rings (SSSR count). The molecule has 1 aromatic rings. The first-order valence-electron chi connectivity index (χ1n) is 6.04. The zero-order valence-corrected chi connectivity index (χ0v) is 12.3. The molecule has 0 spiro atoms. The standard InChI is InChI=1S/C14H15BrO4/c1-7-9(6-11(16)17)14(18)8-4-3-5-10(19-2)12(8)13(7)15/h3-5,7,9,13H,6H2,1-2H3,(H,16,17). The van der Waals surface area contributed by atoms with Gasteiger partial charge in [0.2, 0.25) is 0 Å². The highest BCUT2D eigenvalue weighted by Gasteiger charge is 2.41. The van der Waals surface area contributed by atoms with Gasteiger partial charge < -0.3 is 9.84 Å². The van der Waals surface area contributed by atoms with Crippen LogP contribution in [0.2, 0.25) is 0 Å². The largest absolute Gasteiger partial charge is 0.496 e. The van der Waals surface area contributed by atoms with Crippen LogP contribution in [-0.4, -0.2) is 24.0 Å². The Balaban J connectivity index is 2.51. The summed E-state index contributed by atoms with van der Waals surface area (Å²) in [6.07, 6.45) is -0.140. The summed E-state index contributed by atoms with van der Waals surface area (Å²) in [6.45, 7) is 1.89. The second-order valence-electron chi connectivity index (χ2n) is 4.75. The second-order valence-corrected chi connectivity index (χ2v) is 5.74. The molecule has 1 N–H and O–H groups in total. The molecule has 0 saturated heterocycles. The average Bonchev–Trinajstić information content (AvgIpc) is 2.40. The molecule has 102 valence electrons. The molecule has 1 aliphatic rings. The Morgan fingerprint density at radius 2 is 2.16 bits per heavy atom. The van der Waals surface area contributed by atoms with Crippen LogP contribution in [0.25, 0.3) is 0 Å². The number of carbonyl (C=O) groups excluding carboxylic acids is 1. The molecule has 0 fully saturated rings. The van der Waals surface area contributed by atoms with E-state index in [0.29, 0.717) is 11.3 Å². The number of carbonyl (C=O) groups is 2. The third-order valence-corrected chi connectivity index (χ3v) is 4.95. The third-order valence-electron chi connectivity index (χ3n) is 3.65. The van der Waals surface area contributed by atoms with E-state index in [9.17, 15) is 9.59 Å². The topological polar surface area (TPSA) is 63.6 Å². The monoisotopic (exact) mass is 326 g/mol. The number of aliphatic carboxylic acids is 1. The lowest BCUT2D eigenvalue weighted by molar-refractivity contribution is -0.138. The number of fused-ring (bicyclic) bond motifs is 1. The molecule has 5 heteroatoms. The molecule has 0 radical (unpaired) electrons. The molecule has 0 amide bonds. The molecule has 1 aliphatic carbocycles. The summed E-state index contributed by atoms with van der Waals surface area (Å²) in [7, 11) is 1.56. The smallest absolute Gasteiger partial charge is 0.304 e. The minimum atomic E-state index is -0.948. The van der Waals surface area contributed by atoms with Gasteiger partial charge >= 0.3 is 5.97 Å². The van der Waals surface area contributed by atoms with E-state index in [1.165, 1.54) is 0 Å². The van der Waals surface area contributed by atoms with E-state index in [1.807, 2.05) is 13.0 Å². The van der Waals surface area contributed by atoms with Crippen LogP contribution in [0.3, 0.4) is 0 Å². The zero-order valence-electron chi connectivity index (χ0n) is 10.7. The zero-order chi connectivity index (χ0) is 14.2. The summed E-state index contributed by atoms with van der Waals surface area (Å²) < 4.78 is 5.30. The number of hydrogen-bond donors (Lipinski definition) is 1. The lowest BCUT2D eigenvalue weighted by Gasteiger charge is -2.33. The van der Waals surface area contributed by atoms with Gasteiger partial charge in [0.15, 0.2) is 5.78 Å². The third kappa shape index (κ3) is 2.39. The van der Waals surface area contributed by atoms with Crippen molar-refractivity contribution in [1.29, 1.82) is 0 Å². The highest BCUT2D eigenvalue weighted by Crippen LogP contribution is 2.47. The van der Waals surface area contributed by atoms with Crippen LogP contribution < -0.4 is 4.74 Å². The second kappa shape index (κ2) is 5.33. The van der Waals surface area contributed by atoms with Crippen molar-refractivity contribution in [2.45, 2.75) is 18.2 Å². The molecule has 0 bridgehead atoms. The minimum Gasteiger partial charge on any atom is -0.496 e. The molecular formula is C14H15BrO4. The number of alkyl halides is 1. The van der Waals surface area contributed by atoms with Gasteiger partial charge in [0, 0.05) is 21.9 Å². The van der Waals surface area contributed by atoms with Crippen LogP contribution in [0.15, 0.2) is 18.2 Å². The fourth-order valence-corrected chi connectivity index (χ4v) is 3.43. The van der Waals surface area contributed by atoms with E-state index in [2.05, 4.69) is 15.9 Å². The Kier molecular flexibility index (Phi) is 3.94. The van der Waals surface area contributed by atoms with Crippen LogP contribution in [-0.2, 0) is 4.79 Å². The van der Waals surface area contributed by atoms with Crippen LogP contribution in [0.1, 0.15) is 34.1 Å². The predicted molar refractivity (Wildman–Crippen MR) is 73.9 cm³/mol. The summed E-state index contributed by atoms with van der Waals surface area (Å²) in [5.74, 6) is -0.988. The van der Waals surface area contributed by atoms with Crippen molar-refractivity contribution >= 4 is 27.7 Å². The van der Waals surface area contributed by atoms with Crippen LogP contribution in [0.4, 0.5) is 0 Å².